The molecule has 3 aromatic carbocycles. The van der Waals surface area contributed by atoms with Crippen LogP contribution in [0.5, 0.6) is 5.75 Å². The average molecular weight is 528 g/mol. The maximum atomic E-state index is 13.2. The number of ether oxygens (including phenoxy) is 1. The minimum atomic E-state index is -3.89. The van der Waals surface area contributed by atoms with Gasteiger partial charge >= 0.3 is 0 Å². The summed E-state index contributed by atoms with van der Waals surface area (Å²) < 4.78 is 40.4. The summed E-state index contributed by atoms with van der Waals surface area (Å²) in [7, 11) is -3.89. The van der Waals surface area contributed by atoms with Crippen LogP contribution in [0.25, 0.3) is 22.0 Å². The summed E-state index contributed by atoms with van der Waals surface area (Å²) >= 11 is 0. The van der Waals surface area contributed by atoms with Crippen LogP contribution in [0.15, 0.2) is 88.3 Å². The number of para-hydroxylation sites is 1. The number of benzene rings is 3. The Morgan fingerprint density at radius 2 is 1.68 bits per heavy atom. The van der Waals surface area contributed by atoms with E-state index in [1.54, 1.807) is 32.0 Å². The third-order valence-electron chi connectivity index (χ3n) is 6.46. The fourth-order valence-corrected chi connectivity index (χ4v) is 5.56. The van der Waals surface area contributed by atoms with E-state index in [0.29, 0.717) is 23.5 Å². The van der Waals surface area contributed by atoms with Crippen LogP contribution in [0.4, 0.5) is 5.82 Å². The van der Waals surface area contributed by atoms with Gasteiger partial charge in [-0.25, -0.2) is 8.42 Å². The predicted molar refractivity (Wildman–Crippen MR) is 149 cm³/mol. The van der Waals surface area contributed by atoms with E-state index in [1.807, 2.05) is 60.7 Å². The van der Waals surface area contributed by atoms with Gasteiger partial charge < -0.3 is 9.26 Å². The number of nitrogens with one attached hydrogen (secondary N) is 1. The second kappa shape index (κ2) is 10.7. The zero-order valence-electron chi connectivity index (χ0n) is 21.6. The summed E-state index contributed by atoms with van der Waals surface area (Å²) in [5.41, 5.74) is 4.93. The molecule has 0 aliphatic rings. The van der Waals surface area contributed by atoms with Crippen molar-refractivity contribution >= 4 is 26.7 Å². The smallest absolute Gasteiger partial charge is 0.263 e. The number of fused-ring (bicyclic) bond motifs is 1. The molecule has 0 radical (unpaired) electrons. The van der Waals surface area contributed by atoms with Crippen molar-refractivity contribution in [3.63, 3.8) is 0 Å². The second-order valence-electron chi connectivity index (χ2n) is 9.18. The molecule has 5 rings (SSSR count). The van der Waals surface area contributed by atoms with E-state index in [0.717, 1.165) is 46.3 Å². The summed E-state index contributed by atoms with van der Waals surface area (Å²) in [4.78, 5) is 4.91. The van der Waals surface area contributed by atoms with Crippen LogP contribution in [0.3, 0.4) is 0 Å². The van der Waals surface area contributed by atoms with Crippen molar-refractivity contribution in [3.05, 3.63) is 101 Å². The number of rotatable bonds is 9. The quantitative estimate of drug-likeness (QED) is 0.226. The average Bonchev–Trinajstić information content (AvgIpc) is 3.24. The van der Waals surface area contributed by atoms with Gasteiger partial charge in [-0.15, -0.1) is 0 Å². The zero-order valence-corrected chi connectivity index (χ0v) is 22.4. The molecule has 0 saturated carbocycles. The molecule has 0 atom stereocenters. The van der Waals surface area contributed by atoms with E-state index in [9.17, 15) is 8.42 Å². The van der Waals surface area contributed by atoms with Crippen LogP contribution in [0.2, 0.25) is 0 Å². The largest absolute Gasteiger partial charge is 0.488 e. The Balaban J connectivity index is 1.37. The van der Waals surface area contributed by atoms with Gasteiger partial charge in [0.05, 0.1) is 10.4 Å². The van der Waals surface area contributed by atoms with Gasteiger partial charge in [-0.1, -0.05) is 73.1 Å². The van der Waals surface area contributed by atoms with E-state index in [2.05, 4.69) is 16.8 Å². The van der Waals surface area contributed by atoms with E-state index >= 15 is 0 Å². The number of aryl methyl sites for hydroxylation is 2. The lowest BCUT2D eigenvalue weighted by Gasteiger charge is -2.13. The zero-order chi connectivity index (χ0) is 26.7. The summed E-state index contributed by atoms with van der Waals surface area (Å²) in [5, 5.41) is 4.82. The first-order chi connectivity index (χ1) is 18.4. The molecule has 5 aromatic rings. The highest BCUT2D eigenvalue weighted by Gasteiger charge is 2.22. The van der Waals surface area contributed by atoms with Gasteiger partial charge in [0.1, 0.15) is 18.1 Å². The van der Waals surface area contributed by atoms with E-state index < -0.39 is 10.0 Å². The topological polar surface area (TPSA) is 94.3 Å². The monoisotopic (exact) mass is 527 g/mol. The number of anilines is 1. The summed E-state index contributed by atoms with van der Waals surface area (Å²) in [5.74, 6) is 1.56. The molecule has 0 unspecified atom stereocenters. The van der Waals surface area contributed by atoms with E-state index in [1.165, 1.54) is 0 Å². The van der Waals surface area contributed by atoms with Gasteiger partial charge in [0.25, 0.3) is 10.0 Å². The SMILES string of the molecule is CCCc1cc(OCc2ccc(-c3ccccc3S(=O)(=O)Nc3noc(C)c3C)cc2)c2ccccc2n1. The minimum Gasteiger partial charge on any atom is -0.488 e. The van der Waals surface area contributed by atoms with Gasteiger partial charge in [-0.3, -0.25) is 9.71 Å². The number of sulfonamides is 1. The molecular weight excluding hydrogens is 498 g/mol. The maximum absolute atomic E-state index is 13.2. The molecular formula is C30H29N3O4S. The van der Waals surface area contributed by atoms with Crippen LogP contribution in [0, 0.1) is 13.8 Å². The molecule has 0 amide bonds. The summed E-state index contributed by atoms with van der Waals surface area (Å²) in [6.07, 6.45) is 1.90. The lowest BCUT2D eigenvalue weighted by atomic mass is 10.0. The van der Waals surface area contributed by atoms with E-state index in [-0.39, 0.29) is 10.7 Å². The maximum Gasteiger partial charge on any atom is 0.263 e. The van der Waals surface area contributed by atoms with E-state index in [4.69, 9.17) is 14.2 Å². The van der Waals surface area contributed by atoms with Crippen molar-refractivity contribution < 1.29 is 17.7 Å². The van der Waals surface area contributed by atoms with Gasteiger partial charge in [0.15, 0.2) is 5.82 Å². The van der Waals surface area contributed by atoms with Gasteiger partial charge in [-0.05, 0) is 49.6 Å². The van der Waals surface area contributed by atoms with Crippen LogP contribution in [-0.4, -0.2) is 18.6 Å². The Bertz CT molecular complexity index is 1690. The highest BCUT2D eigenvalue weighted by molar-refractivity contribution is 7.92. The molecule has 2 aromatic heterocycles. The molecule has 0 fully saturated rings. The Hall–Kier alpha value is -4.17. The Kier molecular flexibility index (Phi) is 7.15. The lowest BCUT2D eigenvalue weighted by Crippen LogP contribution is -2.15. The molecule has 0 aliphatic heterocycles. The van der Waals surface area contributed by atoms with Crippen molar-refractivity contribution in [3.8, 4) is 16.9 Å². The molecule has 194 valence electrons. The van der Waals surface area contributed by atoms with Gasteiger partial charge in [0, 0.05) is 28.3 Å². The minimum absolute atomic E-state index is 0.163. The fraction of sp³-hybridized carbons (Fsp3) is 0.200. The summed E-state index contributed by atoms with van der Waals surface area (Å²) in [6.45, 7) is 6.01. The fourth-order valence-electron chi connectivity index (χ4n) is 4.28. The first-order valence-electron chi connectivity index (χ1n) is 12.5. The van der Waals surface area contributed by atoms with Crippen LogP contribution in [0.1, 0.15) is 35.9 Å². The molecule has 38 heavy (non-hydrogen) atoms. The number of hydrogen-bond acceptors (Lipinski definition) is 6. The molecule has 7 nitrogen and oxygen atoms in total. The first kappa shape index (κ1) is 25.5. The normalized spacial score (nSPS) is 11.6. The Morgan fingerprint density at radius 3 is 2.42 bits per heavy atom. The summed E-state index contributed by atoms with van der Waals surface area (Å²) in [6, 6.07) is 24.6. The highest BCUT2D eigenvalue weighted by Crippen LogP contribution is 2.31. The Morgan fingerprint density at radius 1 is 0.947 bits per heavy atom. The molecule has 8 heteroatoms. The Labute approximate surface area is 222 Å². The molecule has 1 N–H and O–H groups in total. The first-order valence-corrected chi connectivity index (χ1v) is 14.0. The molecule has 0 aliphatic carbocycles. The standard InChI is InChI=1S/C30H29N3O4S/c1-4-9-24-18-28(26-11-5-7-12-27(26)31-24)36-19-22-14-16-23(17-15-22)25-10-6-8-13-29(25)38(34,35)33-30-20(2)21(3)37-32-30/h5-8,10-18H,4,9,19H2,1-3H3,(H,32,33). The van der Waals surface area contributed by atoms with Crippen LogP contribution in [-0.2, 0) is 23.1 Å². The number of aromatic nitrogens is 2. The number of nitrogens with zero attached hydrogens (tertiary/aromatic N) is 2. The number of hydrogen-bond donors (Lipinski definition) is 1. The highest BCUT2D eigenvalue weighted by atomic mass is 32.2. The van der Waals surface area contributed by atoms with Crippen molar-refractivity contribution in [1.82, 2.24) is 10.1 Å². The van der Waals surface area contributed by atoms with Gasteiger partial charge in [-0.2, -0.15) is 0 Å². The third-order valence-corrected chi connectivity index (χ3v) is 7.86. The van der Waals surface area contributed by atoms with Gasteiger partial charge in [0.2, 0.25) is 0 Å². The molecule has 0 spiro atoms. The molecule has 0 bridgehead atoms. The van der Waals surface area contributed by atoms with Crippen molar-refractivity contribution in [2.45, 2.75) is 45.1 Å². The number of pyridine rings is 1. The molecule has 0 saturated heterocycles. The third kappa shape index (κ3) is 5.26. The molecule has 2 heterocycles. The van der Waals surface area contributed by atoms with Crippen molar-refractivity contribution in [1.29, 1.82) is 0 Å². The van der Waals surface area contributed by atoms with Crippen LogP contribution >= 0.6 is 0 Å². The van der Waals surface area contributed by atoms with Crippen molar-refractivity contribution in [2.24, 2.45) is 0 Å². The second-order valence-corrected chi connectivity index (χ2v) is 10.8. The van der Waals surface area contributed by atoms with Crippen LogP contribution < -0.4 is 9.46 Å². The van der Waals surface area contributed by atoms with Crippen molar-refractivity contribution in [2.75, 3.05) is 4.72 Å². The predicted octanol–water partition coefficient (Wildman–Crippen LogP) is 6.84. The lowest BCUT2D eigenvalue weighted by molar-refractivity contribution is 0.309.